The smallest absolute Gasteiger partial charge is 0.330 e. The van der Waals surface area contributed by atoms with E-state index in [1.54, 1.807) is 0 Å². The first-order chi connectivity index (χ1) is 5.94. The maximum atomic E-state index is 11.4. The van der Waals surface area contributed by atoms with Gasteiger partial charge in [0.25, 0.3) is 0 Å². The molecule has 1 fully saturated rings. The van der Waals surface area contributed by atoms with Crippen LogP contribution in [0, 0.1) is 11.8 Å². The molecule has 0 aromatic heterocycles. The number of hydrogen-bond acceptors (Lipinski definition) is 4. The van der Waals surface area contributed by atoms with Crippen molar-refractivity contribution in [1.29, 1.82) is 0 Å². The van der Waals surface area contributed by atoms with E-state index in [9.17, 15) is 9.59 Å². The molecule has 2 atom stereocenters. The van der Waals surface area contributed by atoms with E-state index in [0.29, 0.717) is 6.42 Å². The van der Waals surface area contributed by atoms with Crippen LogP contribution in [-0.4, -0.2) is 16.7 Å². The Hall–Kier alpha value is -0.510. The first-order valence-electron chi connectivity index (χ1n) is 4.43. The minimum Gasteiger partial charge on any atom is -0.392 e. The van der Waals surface area contributed by atoms with E-state index in [0.717, 1.165) is 0 Å². The van der Waals surface area contributed by atoms with Gasteiger partial charge in [-0.15, -0.1) is 0 Å². The molecule has 4 heteroatoms. The second-order valence-electron chi connectivity index (χ2n) is 3.65. The third-order valence-corrected chi connectivity index (χ3v) is 3.64. The van der Waals surface area contributed by atoms with Crippen molar-refractivity contribution in [3.8, 4) is 0 Å². The highest BCUT2D eigenvalue weighted by atomic mass is 32.1. The molecule has 0 aliphatic carbocycles. The molecule has 2 unspecified atom stereocenters. The van der Waals surface area contributed by atoms with E-state index in [1.807, 2.05) is 20.8 Å². The number of ether oxygens (including phenoxy) is 1. The summed E-state index contributed by atoms with van der Waals surface area (Å²) in [5.74, 6) is -1.33. The summed E-state index contributed by atoms with van der Waals surface area (Å²) >= 11 is 4.31. The predicted octanol–water partition coefficient (Wildman–Crippen LogP) is 1.42. The van der Waals surface area contributed by atoms with Gasteiger partial charge >= 0.3 is 11.9 Å². The maximum Gasteiger partial charge on any atom is 0.330 e. The van der Waals surface area contributed by atoms with Gasteiger partial charge in [0.05, 0.1) is 5.92 Å². The van der Waals surface area contributed by atoms with Crippen molar-refractivity contribution < 1.29 is 14.3 Å². The fraction of sp³-hybridized carbons (Fsp3) is 0.778. The lowest BCUT2D eigenvalue weighted by Gasteiger charge is -2.27. The van der Waals surface area contributed by atoms with Gasteiger partial charge in [0.1, 0.15) is 4.75 Å². The minimum absolute atomic E-state index is 0.000247. The van der Waals surface area contributed by atoms with Crippen LogP contribution in [0.25, 0.3) is 0 Å². The van der Waals surface area contributed by atoms with Crippen LogP contribution in [0.4, 0.5) is 0 Å². The summed E-state index contributed by atoms with van der Waals surface area (Å²) in [5, 5.41) is 0. The molecule has 1 heterocycles. The maximum absolute atomic E-state index is 11.4. The van der Waals surface area contributed by atoms with Gasteiger partial charge in [0.15, 0.2) is 0 Å². The third kappa shape index (κ3) is 1.37. The van der Waals surface area contributed by atoms with E-state index in [-0.39, 0.29) is 5.92 Å². The van der Waals surface area contributed by atoms with Crippen molar-refractivity contribution >= 4 is 24.6 Å². The van der Waals surface area contributed by atoms with Crippen LogP contribution in [0.5, 0.6) is 0 Å². The molecule has 1 saturated heterocycles. The van der Waals surface area contributed by atoms with E-state index in [2.05, 4.69) is 17.4 Å². The highest BCUT2D eigenvalue weighted by Gasteiger charge is 2.56. The number of thiol groups is 1. The van der Waals surface area contributed by atoms with Gasteiger partial charge in [0.2, 0.25) is 0 Å². The molecule has 0 radical (unpaired) electrons. The highest BCUT2D eigenvalue weighted by molar-refractivity contribution is 7.82. The van der Waals surface area contributed by atoms with Crippen molar-refractivity contribution in [2.75, 3.05) is 0 Å². The van der Waals surface area contributed by atoms with E-state index in [4.69, 9.17) is 0 Å². The molecule has 74 valence electrons. The van der Waals surface area contributed by atoms with Crippen molar-refractivity contribution in [3.05, 3.63) is 0 Å². The van der Waals surface area contributed by atoms with E-state index < -0.39 is 22.6 Å². The van der Waals surface area contributed by atoms with Crippen LogP contribution >= 0.6 is 12.6 Å². The molecule has 1 rings (SSSR count). The molecular weight excluding hydrogens is 188 g/mol. The topological polar surface area (TPSA) is 43.4 Å². The zero-order chi connectivity index (χ0) is 10.2. The Kier molecular flexibility index (Phi) is 2.71. The number of rotatable bonds is 2. The number of carbonyl (C=O) groups excluding carboxylic acids is 2. The number of carbonyl (C=O) groups is 2. The summed E-state index contributed by atoms with van der Waals surface area (Å²) in [7, 11) is 0. The van der Waals surface area contributed by atoms with Crippen molar-refractivity contribution in [3.63, 3.8) is 0 Å². The van der Waals surface area contributed by atoms with Gasteiger partial charge in [-0.25, -0.2) is 0 Å². The van der Waals surface area contributed by atoms with Crippen LogP contribution in [0.1, 0.15) is 27.2 Å². The summed E-state index contributed by atoms with van der Waals surface area (Å²) < 4.78 is 3.66. The molecule has 0 aromatic carbocycles. The molecule has 0 saturated carbocycles. The highest BCUT2D eigenvalue weighted by Crippen LogP contribution is 2.41. The molecule has 3 nitrogen and oxygen atoms in total. The summed E-state index contributed by atoms with van der Waals surface area (Å²) in [4.78, 5) is 22.6. The Morgan fingerprint density at radius 1 is 1.54 bits per heavy atom. The molecule has 1 aliphatic heterocycles. The Labute approximate surface area is 83.2 Å². The summed E-state index contributed by atoms with van der Waals surface area (Å²) in [6.07, 6.45) is 0.590. The molecular formula is C9H14O3S. The first-order valence-corrected chi connectivity index (χ1v) is 4.87. The first kappa shape index (κ1) is 10.6. The van der Waals surface area contributed by atoms with Crippen molar-refractivity contribution in [1.82, 2.24) is 0 Å². The van der Waals surface area contributed by atoms with E-state index in [1.165, 1.54) is 0 Å². The molecule has 0 amide bonds. The molecule has 0 aromatic rings. The van der Waals surface area contributed by atoms with Crippen LogP contribution in [0.3, 0.4) is 0 Å². The number of cyclic esters (lactones) is 2. The lowest BCUT2D eigenvalue weighted by atomic mass is 9.82. The van der Waals surface area contributed by atoms with Crippen LogP contribution in [0.15, 0.2) is 0 Å². The minimum atomic E-state index is -0.925. The molecule has 0 bridgehead atoms. The third-order valence-electron chi connectivity index (χ3n) is 2.62. The second-order valence-corrected chi connectivity index (χ2v) is 4.39. The van der Waals surface area contributed by atoms with Crippen molar-refractivity contribution in [2.45, 2.75) is 31.9 Å². The van der Waals surface area contributed by atoms with Crippen LogP contribution in [-0.2, 0) is 14.3 Å². The summed E-state index contributed by atoms with van der Waals surface area (Å²) in [6.45, 7) is 5.60. The zero-order valence-electron chi connectivity index (χ0n) is 8.03. The lowest BCUT2D eigenvalue weighted by molar-refractivity contribution is -0.153. The lowest BCUT2D eigenvalue weighted by Crippen LogP contribution is -2.40. The monoisotopic (exact) mass is 202 g/mol. The van der Waals surface area contributed by atoms with Crippen LogP contribution < -0.4 is 0 Å². The second kappa shape index (κ2) is 3.33. The van der Waals surface area contributed by atoms with Gasteiger partial charge in [-0.2, -0.15) is 12.6 Å². The Morgan fingerprint density at radius 2 is 2.08 bits per heavy atom. The fourth-order valence-corrected chi connectivity index (χ4v) is 2.02. The van der Waals surface area contributed by atoms with Crippen LogP contribution in [0.2, 0.25) is 0 Å². The number of esters is 2. The molecule has 0 spiro atoms. The van der Waals surface area contributed by atoms with Gasteiger partial charge in [-0.05, 0) is 12.3 Å². The quantitative estimate of drug-likeness (QED) is 0.418. The largest absolute Gasteiger partial charge is 0.392 e. The fourth-order valence-electron chi connectivity index (χ4n) is 1.68. The predicted molar refractivity (Wildman–Crippen MR) is 51.4 cm³/mol. The summed E-state index contributed by atoms with van der Waals surface area (Å²) in [6, 6.07) is 0. The number of hydrogen-bond donors (Lipinski definition) is 1. The van der Waals surface area contributed by atoms with Gasteiger partial charge < -0.3 is 4.74 Å². The zero-order valence-corrected chi connectivity index (χ0v) is 8.93. The molecule has 13 heavy (non-hydrogen) atoms. The van der Waals surface area contributed by atoms with Crippen molar-refractivity contribution in [2.24, 2.45) is 11.8 Å². The normalized spacial score (nSPS) is 34.1. The van der Waals surface area contributed by atoms with Gasteiger partial charge in [-0.3, -0.25) is 9.59 Å². The SMILES string of the molecule is CCC1C(=O)OC(=O)C1(S)C(C)C. The average Bonchev–Trinajstić information content (AvgIpc) is 2.24. The Balaban J connectivity index is 3.05. The standard InChI is InChI=1S/C9H14O3S/c1-4-6-7(10)12-8(11)9(6,13)5(2)3/h5-6,13H,4H2,1-3H3. The van der Waals surface area contributed by atoms with E-state index >= 15 is 0 Å². The average molecular weight is 202 g/mol. The Morgan fingerprint density at radius 3 is 2.38 bits per heavy atom. The van der Waals surface area contributed by atoms with Gasteiger partial charge in [-0.1, -0.05) is 20.8 Å². The molecule has 1 aliphatic rings. The van der Waals surface area contributed by atoms with Gasteiger partial charge in [0, 0.05) is 0 Å². The summed E-state index contributed by atoms with van der Waals surface area (Å²) in [5.41, 5.74) is 0. The molecule has 0 N–H and O–H groups in total. The Bertz CT molecular complexity index is 249.